The van der Waals surface area contributed by atoms with Crippen LogP contribution in [0.5, 0.6) is 0 Å². The van der Waals surface area contributed by atoms with Gasteiger partial charge in [0.2, 0.25) is 5.82 Å². The number of hydrogen-bond acceptors (Lipinski definition) is 3. The summed E-state index contributed by atoms with van der Waals surface area (Å²) >= 11 is 0. The van der Waals surface area contributed by atoms with Gasteiger partial charge < -0.3 is 0 Å². The lowest BCUT2D eigenvalue weighted by Gasteiger charge is -1.95. The molecule has 0 saturated heterocycles. The van der Waals surface area contributed by atoms with E-state index in [0.717, 1.165) is 12.1 Å². The molecular weight excluding hydrogens is 201 g/mol. The first kappa shape index (κ1) is 11.0. The van der Waals surface area contributed by atoms with Crippen LogP contribution in [0.2, 0.25) is 0 Å². The fraction of sp³-hybridized carbons (Fsp3) is 0.100. The predicted octanol–water partition coefficient (Wildman–Crippen LogP) is 2.34. The average molecular weight is 209 g/mol. The molecule has 0 unspecified atom stereocenters. The van der Waals surface area contributed by atoms with Crippen molar-refractivity contribution in [2.24, 2.45) is 0 Å². The third-order valence-corrected chi connectivity index (χ3v) is 1.68. The Morgan fingerprint density at radius 2 is 2.20 bits per heavy atom. The summed E-state index contributed by atoms with van der Waals surface area (Å²) < 4.78 is 13.1. The van der Waals surface area contributed by atoms with E-state index < -0.39 is 16.4 Å². The smallest absolute Gasteiger partial charge is 0.295 e. The maximum absolute atomic E-state index is 13.1. The fourth-order valence-corrected chi connectivity index (χ4v) is 0.988. The molecule has 0 heterocycles. The molecule has 0 aliphatic rings. The Labute approximate surface area is 85.2 Å². The van der Waals surface area contributed by atoms with Crippen molar-refractivity contribution in [3.63, 3.8) is 0 Å². The Morgan fingerprint density at radius 3 is 2.67 bits per heavy atom. The van der Waals surface area contributed by atoms with Gasteiger partial charge in [0.05, 0.1) is 4.92 Å². The minimum absolute atomic E-state index is 0.172. The summed E-state index contributed by atoms with van der Waals surface area (Å²) in [7, 11) is 0. The van der Waals surface area contributed by atoms with E-state index in [1.54, 1.807) is 0 Å². The van der Waals surface area contributed by atoms with Crippen LogP contribution in [0.3, 0.4) is 0 Å². The van der Waals surface area contributed by atoms with Crippen LogP contribution in [0, 0.1) is 15.9 Å². The number of halogens is 1. The van der Waals surface area contributed by atoms with E-state index in [9.17, 15) is 19.3 Å². The number of carbonyl (C=O) groups excluding carboxylic acids is 1. The number of ketones is 1. The highest BCUT2D eigenvalue weighted by Gasteiger charge is 2.12. The quantitative estimate of drug-likeness (QED) is 0.436. The highest BCUT2D eigenvalue weighted by molar-refractivity contribution is 5.91. The average Bonchev–Trinajstić information content (AvgIpc) is 2.14. The molecule has 15 heavy (non-hydrogen) atoms. The van der Waals surface area contributed by atoms with Crippen molar-refractivity contribution in [3.8, 4) is 0 Å². The summed E-state index contributed by atoms with van der Waals surface area (Å²) in [6.07, 6.45) is 2.66. The Kier molecular flexibility index (Phi) is 3.28. The molecule has 1 aromatic carbocycles. The van der Waals surface area contributed by atoms with Crippen LogP contribution in [0.25, 0.3) is 6.08 Å². The topological polar surface area (TPSA) is 60.2 Å². The molecule has 0 amide bonds. The summed E-state index contributed by atoms with van der Waals surface area (Å²) in [5.41, 5.74) is -0.164. The van der Waals surface area contributed by atoms with Gasteiger partial charge in [0.25, 0.3) is 0 Å². The Balaban J connectivity index is 3.01. The number of rotatable bonds is 3. The van der Waals surface area contributed by atoms with Gasteiger partial charge >= 0.3 is 5.69 Å². The van der Waals surface area contributed by atoms with E-state index >= 15 is 0 Å². The van der Waals surface area contributed by atoms with Crippen molar-refractivity contribution >= 4 is 17.5 Å². The van der Waals surface area contributed by atoms with Gasteiger partial charge in [-0.1, -0.05) is 6.08 Å². The Bertz CT molecular complexity index is 440. The van der Waals surface area contributed by atoms with Gasteiger partial charge in [-0.05, 0) is 30.7 Å². The number of benzene rings is 1. The SMILES string of the molecule is CC(=O)/C=C/c1ccc([N+](=O)[O-])c(F)c1. The number of nitro benzene ring substituents is 1. The molecule has 5 heteroatoms. The van der Waals surface area contributed by atoms with Gasteiger partial charge in [0.15, 0.2) is 5.78 Å². The minimum atomic E-state index is -0.911. The standard InChI is InChI=1S/C10H8FNO3/c1-7(13)2-3-8-4-5-10(12(14)15)9(11)6-8/h2-6H,1H3/b3-2+. The van der Waals surface area contributed by atoms with Crippen molar-refractivity contribution in [2.45, 2.75) is 6.92 Å². The van der Waals surface area contributed by atoms with Gasteiger partial charge in [0, 0.05) is 6.07 Å². The Hall–Kier alpha value is -2.04. The van der Waals surface area contributed by atoms with Gasteiger partial charge in [-0.3, -0.25) is 14.9 Å². The second-order valence-electron chi connectivity index (χ2n) is 2.91. The van der Waals surface area contributed by atoms with Gasteiger partial charge in [0.1, 0.15) is 0 Å². The lowest BCUT2D eigenvalue weighted by Crippen LogP contribution is -1.92. The van der Waals surface area contributed by atoms with Gasteiger partial charge in [-0.2, -0.15) is 4.39 Å². The van der Waals surface area contributed by atoms with Crippen LogP contribution in [-0.2, 0) is 4.79 Å². The molecule has 0 aliphatic carbocycles. The molecule has 0 fully saturated rings. The lowest BCUT2D eigenvalue weighted by atomic mass is 10.2. The number of nitrogens with zero attached hydrogens (tertiary/aromatic N) is 1. The molecule has 0 aromatic heterocycles. The number of nitro groups is 1. The third-order valence-electron chi connectivity index (χ3n) is 1.68. The van der Waals surface area contributed by atoms with E-state index in [-0.39, 0.29) is 5.78 Å². The largest absolute Gasteiger partial charge is 0.304 e. The summed E-state index contributed by atoms with van der Waals surface area (Å²) in [5.74, 6) is -1.08. The van der Waals surface area contributed by atoms with Crippen molar-refractivity contribution in [1.82, 2.24) is 0 Å². The molecule has 0 saturated carbocycles. The Morgan fingerprint density at radius 1 is 1.53 bits per heavy atom. The van der Waals surface area contributed by atoms with Crippen LogP contribution in [0.1, 0.15) is 12.5 Å². The number of hydrogen-bond donors (Lipinski definition) is 0. The first-order chi connectivity index (χ1) is 7.00. The third kappa shape index (κ3) is 2.98. The highest BCUT2D eigenvalue weighted by Crippen LogP contribution is 2.18. The van der Waals surface area contributed by atoms with E-state index in [4.69, 9.17) is 0 Å². The van der Waals surface area contributed by atoms with Crippen LogP contribution >= 0.6 is 0 Å². The zero-order chi connectivity index (χ0) is 11.4. The van der Waals surface area contributed by atoms with Crippen LogP contribution in [0.15, 0.2) is 24.3 Å². The molecule has 4 nitrogen and oxygen atoms in total. The van der Waals surface area contributed by atoms with Crippen LogP contribution in [-0.4, -0.2) is 10.7 Å². The zero-order valence-electron chi connectivity index (χ0n) is 7.94. The first-order valence-electron chi connectivity index (χ1n) is 4.13. The first-order valence-corrected chi connectivity index (χ1v) is 4.13. The lowest BCUT2D eigenvalue weighted by molar-refractivity contribution is -0.387. The molecule has 0 bridgehead atoms. The molecule has 1 rings (SSSR count). The summed E-state index contributed by atoms with van der Waals surface area (Å²) in [6, 6.07) is 3.45. The molecule has 0 atom stereocenters. The maximum Gasteiger partial charge on any atom is 0.304 e. The second-order valence-corrected chi connectivity index (χ2v) is 2.91. The van der Waals surface area contributed by atoms with Crippen molar-refractivity contribution < 1.29 is 14.1 Å². The van der Waals surface area contributed by atoms with Gasteiger partial charge in [-0.25, -0.2) is 0 Å². The fourth-order valence-electron chi connectivity index (χ4n) is 0.988. The van der Waals surface area contributed by atoms with Gasteiger partial charge in [-0.15, -0.1) is 0 Å². The monoisotopic (exact) mass is 209 g/mol. The molecule has 0 spiro atoms. The molecule has 0 aliphatic heterocycles. The zero-order valence-corrected chi connectivity index (χ0v) is 7.94. The van der Waals surface area contributed by atoms with E-state index in [1.807, 2.05) is 0 Å². The van der Waals surface area contributed by atoms with Crippen molar-refractivity contribution in [2.75, 3.05) is 0 Å². The summed E-state index contributed by atoms with van der Waals surface area (Å²) in [5, 5.41) is 10.3. The van der Waals surface area contributed by atoms with Crippen molar-refractivity contribution in [3.05, 3.63) is 45.8 Å². The molecule has 0 N–H and O–H groups in total. The second kappa shape index (κ2) is 4.45. The molecule has 1 aromatic rings. The van der Waals surface area contributed by atoms with Crippen LogP contribution in [0.4, 0.5) is 10.1 Å². The summed E-state index contributed by atoms with van der Waals surface area (Å²) in [4.78, 5) is 20.1. The minimum Gasteiger partial charge on any atom is -0.295 e. The maximum atomic E-state index is 13.1. The van der Waals surface area contributed by atoms with E-state index in [0.29, 0.717) is 5.56 Å². The molecule has 0 radical (unpaired) electrons. The van der Waals surface area contributed by atoms with Crippen LogP contribution < -0.4 is 0 Å². The molecule has 78 valence electrons. The van der Waals surface area contributed by atoms with Crippen molar-refractivity contribution in [1.29, 1.82) is 0 Å². The van der Waals surface area contributed by atoms with E-state index in [1.165, 1.54) is 25.1 Å². The number of allylic oxidation sites excluding steroid dienone is 1. The highest BCUT2D eigenvalue weighted by atomic mass is 19.1. The summed E-state index contributed by atoms with van der Waals surface area (Å²) in [6.45, 7) is 1.36. The predicted molar refractivity (Wildman–Crippen MR) is 52.8 cm³/mol. The number of carbonyl (C=O) groups is 1. The normalized spacial score (nSPS) is 10.5. The molecular formula is C10H8FNO3. The van der Waals surface area contributed by atoms with E-state index in [2.05, 4.69) is 0 Å².